The number of ketones is 1. The molecule has 2 aromatic rings. The summed E-state index contributed by atoms with van der Waals surface area (Å²) in [5.74, 6) is -0.158. The predicted molar refractivity (Wildman–Crippen MR) is 96.8 cm³/mol. The van der Waals surface area contributed by atoms with Crippen LogP contribution in [0.15, 0.2) is 48.5 Å². The van der Waals surface area contributed by atoms with Gasteiger partial charge in [-0.1, -0.05) is 50.2 Å². The van der Waals surface area contributed by atoms with Gasteiger partial charge in [0.1, 0.15) is 5.75 Å². The van der Waals surface area contributed by atoms with Crippen LogP contribution in [0.2, 0.25) is 0 Å². The Labute approximate surface area is 148 Å². The molecule has 0 amide bonds. The first-order chi connectivity index (χ1) is 11.7. The van der Waals surface area contributed by atoms with Gasteiger partial charge in [-0.3, -0.25) is 4.79 Å². The zero-order valence-electron chi connectivity index (χ0n) is 15.1. The quantitative estimate of drug-likeness (QED) is 0.494. The molecule has 0 unspecified atom stereocenters. The minimum absolute atomic E-state index is 0.00926. The van der Waals surface area contributed by atoms with Crippen molar-refractivity contribution in [2.75, 3.05) is 0 Å². The van der Waals surface area contributed by atoms with Crippen LogP contribution in [0.3, 0.4) is 0 Å². The molecule has 0 atom stereocenters. The highest BCUT2D eigenvalue weighted by molar-refractivity contribution is 5.97. The molecule has 0 radical (unpaired) electrons. The molecule has 0 aliphatic rings. The molecule has 0 aromatic heterocycles. The normalized spacial score (nSPS) is 11.4. The third-order valence-electron chi connectivity index (χ3n) is 3.80. The van der Waals surface area contributed by atoms with Gasteiger partial charge >= 0.3 is 5.97 Å². The van der Waals surface area contributed by atoms with Gasteiger partial charge < -0.3 is 9.84 Å². The molecule has 0 heterocycles. The molecule has 4 nitrogen and oxygen atoms in total. The van der Waals surface area contributed by atoms with Crippen molar-refractivity contribution in [3.63, 3.8) is 0 Å². The first-order valence-electron chi connectivity index (χ1n) is 8.33. The number of aliphatic hydroxyl groups is 1. The van der Waals surface area contributed by atoms with Crippen molar-refractivity contribution in [3.05, 3.63) is 65.2 Å². The Morgan fingerprint density at radius 3 is 1.88 bits per heavy atom. The van der Waals surface area contributed by atoms with Crippen LogP contribution in [0, 0.1) is 5.92 Å². The highest BCUT2D eigenvalue weighted by Crippen LogP contribution is 2.18. The van der Waals surface area contributed by atoms with Gasteiger partial charge in [-0.15, -0.1) is 0 Å². The lowest BCUT2D eigenvalue weighted by molar-refractivity contribution is -0.151. The lowest BCUT2D eigenvalue weighted by atomic mass is 9.98. The maximum Gasteiger partial charge on any atom is 0.342 e. The van der Waals surface area contributed by atoms with Crippen LogP contribution in [0.1, 0.15) is 49.2 Å². The van der Waals surface area contributed by atoms with E-state index in [1.54, 1.807) is 12.1 Å². The van der Waals surface area contributed by atoms with Crippen molar-refractivity contribution < 1.29 is 19.4 Å². The highest BCUT2D eigenvalue weighted by atomic mass is 16.6. The van der Waals surface area contributed by atoms with Gasteiger partial charge in [-0.2, -0.15) is 0 Å². The molecule has 0 aliphatic heterocycles. The van der Waals surface area contributed by atoms with E-state index in [0.29, 0.717) is 5.75 Å². The minimum Gasteiger partial charge on any atom is -0.424 e. The third-order valence-corrected chi connectivity index (χ3v) is 3.80. The number of hydrogen-bond donors (Lipinski definition) is 1. The fourth-order valence-electron chi connectivity index (χ4n) is 2.26. The van der Waals surface area contributed by atoms with Crippen molar-refractivity contribution in [2.24, 2.45) is 5.92 Å². The van der Waals surface area contributed by atoms with E-state index in [2.05, 4.69) is 0 Å². The average molecular weight is 340 g/mol. The molecule has 25 heavy (non-hydrogen) atoms. The smallest absolute Gasteiger partial charge is 0.342 e. The van der Waals surface area contributed by atoms with E-state index in [9.17, 15) is 14.7 Å². The molecule has 0 aliphatic carbocycles. The summed E-state index contributed by atoms with van der Waals surface area (Å²) in [5.41, 5.74) is 1.37. The summed E-state index contributed by atoms with van der Waals surface area (Å²) in [6, 6.07) is 14.8. The predicted octanol–water partition coefficient (Wildman–Crippen LogP) is 3.79. The summed E-state index contributed by atoms with van der Waals surface area (Å²) in [5, 5.41) is 9.59. The van der Waals surface area contributed by atoms with Crippen molar-refractivity contribution in [1.82, 2.24) is 0 Å². The van der Waals surface area contributed by atoms with Crippen molar-refractivity contribution in [1.29, 1.82) is 0 Å². The molecule has 0 saturated heterocycles. The second-order valence-electron chi connectivity index (χ2n) is 6.99. The van der Waals surface area contributed by atoms with Crippen molar-refractivity contribution in [3.8, 4) is 5.75 Å². The molecular formula is C21H24O4. The van der Waals surface area contributed by atoms with Gasteiger partial charge in [0.2, 0.25) is 0 Å². The topological polar surface area (TPSA) is 63.6 Å². The SMILES string of the molecule is CC(C)C(=O)c1ccc(Cc2ccc(OC(=O)C(C)(C)O)cc2)cc1. The number of rotatable bonds is 6. The van der Waals surface area contributed by atoms with Gasteiger partial charge in [0.15, 0.2) is 11.4 Å². The summed E-state index contributed by atoms with van der Waals surface area (Å²) in [6.07, 6.45) is 0.718. The zero-order valence-corrected chi connectivity index (χ0v) is 15.1. The molecule has 2 aromatic carbocycles. The van der Waals surface area contributed by atoms with Crippen molar-refractivity contribution >= 4 is 11.8 Å². The largest absolute Gasteiger partial charge is 0.424 e. The summed E-state index contributed by atoms with van der Waals surface area (Å²) in [6.45, 7) is 6.56. The van der Waals surface area contributed by atoms with Gasteiger partial charge in [0.25, 0.3) is 0 Å². The van der Waals surface area contributed by atoms with E-state index < -0.39 is 11.6 Å². The third kappa shape index (κ3) is 5.26. The monoisotopic (exact) mass is 340 g/mol. The van der Waals surface area contributed by atoms with E-state index >= 15 is 0 Å². The average Bonchev–Trinajstić information content (AvgIpc) is 2.55. The second-order valence-corrected chi connectivity index (χ2v) is 6.99. The molecule has 4 heteroatoms. The van der Waals surface area contributed by atoms with E-state index in [1.807, 2.05) is 50.2 Å². The molecule has 1 N–H and O–H groups in total. The highest BCUT2D eigenvalue weighted by Gasteiger charge is 2.26. The molecule has 0 saturated carbocycles. The maximum atomic E-state index is 12.0. The summed E-state index contributed by atoms with van der Waals surface area (Å²) in [4.78, 5) is 23.6. The lowest BCUT2D eigenvalue weighted by Gasteiger charge is -2.15. The standard InChI is InChI=1S/C21H24O4/c1-14(2)19(22)17-9-5-15(6-10-17)13-16-7-11-18(12-8-16)25-20(23)21(3,4)24/h5-12,14,24H,13H2,1-4H3. The Bertz CT molecular complexity index is 735. The fraction of sp³-hybridized carbons (Fsp3) is 0.333. The Balaban J connectivity index is 2.02. The summed E-state index contributed by atoms with van der Waals surface area (Å²) in [7, 11) is 0. The number of esters is 1. The van der Waals surface area contributed by atoms with E-state index in [1.165, 1.54) is 13.8 Å². The molecule has 132 valence electrons. The number of Topliss-reactive ketones (excluding diaryl/α,β-unsaturated/α-hetero) is 1. The Morgan fingerprint density at radius 1 is 0.960 bits per heavy atom. The number of carbonyl (C=O) groups excluding carboxylic acids is 2. The van der Waals surface area contributed by atoms with Crippen molar-refractivity contribution in [2.45, 2.75) is 39.7 Å². The van der Waals surface area contributed by atoms with E-state index in [4.69, 9.17) is 4.74 Å². The van der Waals surface area contributed by atoms with E-state index in [-0.39, 0.29) is 11.7 Å². The zero-order chi connectivity index (χ0) is 18.6. The molecule has 0 bridgehead atoms. The van der Waals surface area contributed by atoms with Gasteiger partial charge in [0, 0.05) is 11.5 Å². The number of ether oxygens (including phenoxy) is 1. The van der Waals surface area contributed by atoms with Gasteiger partial charge in [0.05, 0.1) is 0 Å². The number of carbonyl (C=O) groups is 2. The molecule has 2 rings (SSSR count). The second kappa shape index (κ2) is 7.62. The lowest BCUT2D eigenvalue weighted by Crippen LogP contribution is -2.35. The van der Waals surface area contributed by atoms with Gasteiger partial charge in [-0.25, -0.2) is 4.79 Å². The van der Waals surface area contributed by atoms with Crippen LogP contribution in [-0.2, 0) is 11.2 Å². The van der Waals surface area contributed by atoms with Crippen LogP contribution in [0.25, 0.3) is 0 Å². The van der Waals surface area contributed by atoms with E-state index in [0.717, 1.165) is 23.1 Å². The number of hydrogen-bond acceptors (Lipinski definition) is 4. The maximum absolute atomic E-state index is 12.0. The van der Waals surface area contributed by atoms with Crippen LogP contribution >= 0.6 is 0 Å². The van der Waals surface area contributed by atoms with Crippen LogP contribution in [0.4, 0.5) is 0 Å². The fourth-order valence-corrected chi connectivity index (χ4v) is 2.26. The Morgan fingerprint density at radius 2 is 1.44 bits per heavy atom. The summed E-state index contributed by atoms with van der Waals surface area (Å²) < 4.78 is 5.12. The molecule has 0 spiro atoms. The minimum atomic E-state index is -1.52. The van der Waals surface area contributed by atoms with Crippen LogP contribution < -0.4 is 4.74 Å². The van der Waals surface area contributed by atoms with Crippen LogP contribution in [0.5, 0.6) is 5.75 Å². The first-order valence-corrected chi connectivity index (χ1v) is 8.33. The Kier molecular flexibility index (Phi) is 5.75. The van der Waals surface area contributed by atoms with Gasteiger partial charge in [-0.05, 0) is 43.5 Å². The Hall–Kier alpha value is -2.46. The molecule has 0 fully saturated rings. The van der Waals surface area contributed by atoms with Crippen LogP contribution in [-0.4, -0.2) is 22.5 Å². The summed E-state index contributed by atoms with van der Waals surface area (Å²) >= 11 is 0. The number of benzene rings is 2. The first kappa shape index (κ1) is 18.9. The molecular weight excluding hydrogens is 316 g/mol.